The van der Waals surface area contributed by atoms with E-state index in [0.29, 0.717) is 19.3 Å². The van der Waals surface area contributed by atoms with Crippen LogP contribution in [0.2, 0.25) is 0 Å². The quantitative estimate of drug-likeness (QED) is 0.129. The highest BCUT2D eigenvalue weighted by Gasteiger charge is 2.52. The maximum absolute atomic E-state index is 12.8. The number of hydrogen-bond donors (Lipinski definition) is 2. The van der Waals surface area contributed by atoms with Crippen molar-refractivity contribution in [3.63, 3.8) is 0 Å². The van der Waals surface area contributed by atoms with Crippen LogP contribution in [0.5, 0.6) is 0 Å². The molecular weight excluding hydrogens is 544 g/mol. The van der Waals surface area contributed by atoms with Crippen molar-refractivity contribution in [1.82, 2.24) is 0 Å². The van der Waals surface area contributed by atoms with Gasteiger partial charge in [-0.05, 0) is 37.8 Å². The minimum Gasteiger partial charge on any atom is -0.481 e. The molecule has 0 saturated carbocycles. The van der Waals surface area contributed by atoms with Crippen LogP contribution < -0.4 is 0 Å². The summed E-state index contributed by atoms with van der Waals surface area (Å²) >= 11 is 0. The fraction of sp³-hybridized carbons (Fsp3) is 0.500. The average Bonchev–Trinajstić information content (AvgIpc) is 2.96. The summed E-state index contributed by atoms with van der Waals surface area (Å²) < 4.78 is 21.3. The summed E-state index contributed by atoms with van der Waals surface area (Å²) in [5.74, 6) is -2.08. The summed E-state index contributed by atoms with van der Waals surface area (Å²) in [7, 11) is 0. The molecule has 0 saturated heterocycles. The van der Waals surface area contributed by atoms with Crippen LogP contribution in [0.15, 0.2) is 60.7 Å². The van der Waals surface area contributed by atoms with Gasteiger partial charge in [-0.15, -0.1) is 0 Å². The Hall–Kier alpha value is -4.08. The molecule has 10 nitrogen and oxygen atoms in total. The molecule has 2 aromatic rings. The first-order valence-electron chi connectivity index (χ1n) is 14.3. The van der Waals surface area contributed by atoms with Gasteiger partial charge in [0.05, 0.1) is 0 Å². The smallest absolute Gasteiger partial charge is 0.481 e. The van der Waals surface area contributed by atoms with Crippen LogP contribution in [0.3, 0.4) is 0 Å². The van der Waals surface area contributed by atoms with Gasteiger partial charge in [0.25, 0.3) is 0 Å². The van der Waals surface area contributed by atoms with Gasteiger partial charge < -0.3 is 29.2 Å². The van der Waals surface area contributed by atoms with Crippen molar-refractivity contribution < 1.29 is 48.3 Å². The number of carbonyl (C=O) groups excluding carboxylic acids is 2. The molecule has 2 rings (SSSR count). The number of carbonyl (C=O) groups is 4. The number of aliphatic carboxylic acids is 2. The predicted molar refractivity (Wildman–Crippen MR) is 154 cm³/mol. The Kier molecular flexibility index (Phi) is 14.9. The molecule has 0 heterocycles. The first kappa shape index (κ1) is 34.1. The lowest BCUT2D eigenvalue weighted by Gasteiger charge is -2.38. The third-order valence-corrected chi connectivity index (χ3v) is 7.28. The van der Waals surface area contributed by atoms with Crippen LogP contribution >= 0.6 is 0 Å². The minimum absolute atomic E-state index is 0.0448. The van der Waals surface area contributed by atoms with Crippen LogP contribution in [0.4, 0.5) is 9.59 Å². The molecule has 2 atom stereocenters. The molecule has 0 aliphatic heterocycles. The van der Waals surface area contributed by atoms with E-state index >= 15 is 0 Å². The van der Waals surface area contributed by atoms with Crippen molar-refractivity contribution in [1.29, 1.82) is 0 Å². The van der Waals surface area contributed by atoms with Gasteiger partial charge in [-0.1, -0.05) is 99.2 Å². The molecule has 0 amide bonds. The van der Waals surface area contributed by atoms with Crippen molar-refractivity contribution >= 4 is 24.2 Å². The maximum Gasteiger partial charge on any atom is 0.508 e. The highest BCUT2D eigenvalue weighted by molar-refractivity contribution is 5.77. The zero-order chi connectivity index (χ0) is 30.8. The van der Waals surface area contributed by atoms with Gasteiger partial charge in [-0.25, -0.2) is 9.59 Å². The molecule has 0 radical (unpaired) electrons. The molecule has 2 unspecified atom stereocenters. The number of benzene rings is 2. The summed E-state index contributed by atoms with van der Waals surface area (Å²) in [6.45, 7) is 2.82. The van der Waals surface area contributed by atoms with E-state index in [1.807, 2.05) is 12.1 Å². The van der Waals surface area contributed by atoms with Crippen LogP contribution in [0.25, 0.3) is 0 Å². The molecule has 0 aliphatic rings. The van der Waals surface area contributed by atoms with Crippen molar-refractivity contribution in [2.45, 2.75) is 97.1 Å². The molecule has 0 bridgehead atoms. The van der Waals surface area contributed by atoms with E-state index in [1.54, 1.807) is 48.5 Å². The van der Waals surface area contributed by atoms with Gasteiger partial charge in [0.15, 0.2) is 0 Å². The third kappa shape index (κ3) is 11.8. The SMILES string of the molecule is CC(OC(=O)OCc1ccccc1)C(CCCCCCCCCC(=O)O)(C(=O)O)C(C)OC(=O)OCc1ccccc1. The van der Waals surface area contributed by atoms with E-state index in [4.69, 9.17) is 24.1 Å². The van der Waals surface area contributed by atoms with Crippen molar-refractivity contribution in [2.75, 3.05) is 0 Å². The van der Waals surface area contributed by atoms with Crippen molar-refractivity contribution in [3.05, 3.63) is 71.8 Å². The molecule has 0 fully saturated rings. The molecule has 42 heavy (non-hydrogen) atoms. The van der Waals surface area contributed by atoms with E-state index in [1.165, 1.54) is 13.8 Å². The minimum atomic E-state index is -1.76. The Morgan fingerprint density at radius 1 is 0.643 bits per heavy atom. The lowest BCUT2D eigenvalue weighted by atomic mass is 9.73. The number of hydrogen-bond acceptors (Lipinski definition) is 8. The molecule has 0 spiro atoms. The molecule has 230 valence electrons. The van der Waals surface area contributed by atoms with E-state index in [-0.39, 0.29) is 26.1 Å². The predicted octanol–water partition coefficient (Wildman–Crippen LogP) is 7.14. The van der Waals surface area contributed by atoms with Gasteiger partial charge in [0, 0.05) is 6.42 Å². The van der Waals surface area contributed by atoms with Gasteiger partial charge in [-0.3, -0.25) is 9.59 Å². The fourth-order valence-electron chi connectivity index (χ4n) is 4.77. The summed E-state index contributed by atoms with van der Waals surface area (Å²) in [6.07, 6.45) is 0.967. The third-order valence-electron chi connectivity index (χ3n) is 7.28. The Morgan fingerprint density at radius 2 is 1.05 bits per heavy atom. The van der Waals surface area contributed by atoms with Crippen LogP contribution in [-0.2, 0) is 41.8 Å². The highest BCUT2D eigenvalue weighted by atomic mass is 16.7. The molecule has 0 aromatic heterocycles. The van der Waals surface area contributed by atoms with E-state index in [2.05, 4.69) is 0 Å². The Bertz CT molecular complexity index is 1040. The first-order chi connectivity index (χ1) is 20.1. The lowest BCUT2D eigenvalue weighted by Crippen LogP contribution is -2.52. The molecule has 0 aliphatic carbocycles. The van der Waals surface area contributed by atoms with E-state index in [0.717, 1.165) is 36.8 Å². The molecule has 2 aromatic carbocycles. The Balaban J connectivity index is 2.03. The van der Waals surface area contributed by atoms with Crippen LogP contribution in [0, 0.1) is 5.41 Å². The Morgan fingerprint density at radius 3 is 1.45 bits per heavy atom. The maximum atomic E-state index is 12.8. The number of unbranched alkanes of at least 4 members (excludes halogenated alkanes) is 6. The second-order valence-corrected chi connectivity index (χ2v) is 10.3. The van der Waals surface area contributed by atoms with Crippen LogP contribution in [-0.4, -0.2) is 46.7 Å². The van der Waals surface area contributed by atoms with E-state index < -0.39 is 41.9 Å². The number of carboxylic acids is 2. The monoisotopic (exact) mass is 586 g/mol. The number of ether oxygens (including phenoxy) is 4. The van der Waals surface area contributed by atoms with Crippen molar-refractivity contribution in [2.24, 2.45) is 5.41 Å². The number of carboxylic acid groups (broad SMARTS) is 2. The number of rotatable bonds is 19. The summed E-state index contributed by atoms with van der Waals surface area (Å²) in [6, 6.07) is 18.0. The zero-order valence-corrected chi connectivity index (χ0v) is 24.4. The standard InChI is InChI=1S/C32H42O10/c1-24(41-30(37)39-22-26-16-10-8-11-17-26)32(29(35)36,21-15-7-5-3-4-6-14-20-28(33)34)25(2)42-31(38)40-23-27-18-12-9-13-19-27/h8-13,16-19,24-25H,3-7,14-15,20-23H2,1-2H3,(H,33,34)(H,35,36). The average molecular weight is 587 g/mol. The normalized spacial score (nSPS) is 13.7. The fourth-order valence-corrected chi connectivity index (χ4v) is 4.77. The van der Waals surface area contributed by atoms with Gasteiger partial charge in [0.2, 0.25) is 0 Å². The van der Waals surface area contributed by atoms with Crippen LogP contribution in [0.1, 0.15) is 82.8 Å². The summed E-state index contributed by atoms with van der Waals surface area (Å²) in [5, 5.41) is 19.2. The molecule has 2 N–H and O–H groups in total. The first-order valence-corrected chi connectivity index (χ1v) is 14.3. The molecular formula is C32H42O10. The van der Waals surface area contributed by atoms with Gasteiger partial charge >= 0.3 is 24.2 Å². The summed E-state index contributed by atoms with van der Waals surface area (Å²) in [5.41, 5.74) is -0.279. The van der Waals surface area contributed by atoms with Crippen molar-refractivity contribution in [3.8, 4) is 0 Å². The van der Waals surface area contributed by atoms with Gasteiger partial charge in [0.1, 0.15) is 30.8 Å². The van der Waals surface area contributed by atoms with E-state index in [9.17, 15) is 24.3 Å². The lowest BCUT2D eigenvalue weighted by molar-refractivity contribution is -0.171. The highest BCUT2D eigenvalue weighted by Crippen LogP contribution is 2.38. The second-order valence-electron chi connectivity index (χ2n) is 10.3. The Labute approximate surface area is 246 Å². The molecule has 10 heteroatoms. The largest absolute Gasteiger partial charge is 0.508 e. The van der Waals surface area contributed by atoms with Gasteiger partial charge in [-0.2, -0.15) is 0 Å². The zero-order valence-electron chi connectivity index (χ0n) is 24.4. The summed E-state index contributed by atoms with van der Waals surface area (Å²) in [4.78, 5) is 48.5. The topological polar surface area (TPSA) is 146 Å². The second kappa shape index (κ2) is 18.4.